The number of hydrogen-bond acceptors (Lipinski definition) is 4. The summed E-state index contributed by atoms with van der Waals surface area (Å²) in [5.41, 5.74) is 1.68. The van der Waals surface area contributed by atoms with Gasteiger partial charge in [-0.1, -0.05) is 22.0 Å². The normalized spacial score (nSPS) is 10.8. The second-order valence-corrected chi connectivity index (χ2v) is 8.31. The lowest BCUT2D eigenvalue weighted by atomic mass is 10.2. The SMILES string of the molecule is Cc1cc(Br)ccc1NC(=O)CNC(=O)c1cccc(NC(=O)OC(C)(C)C)c1. The predicted octanol–water partition coefficient (Wildman–Crippen LogP) is 4.47. The molecule has 0 aliphatic rings. The Hall–Kier alpha value is -2.87. The summed E-state index contributed by atoms with van der Waals surface area (Å²) in [6.07, 6.45) is -0.612. The molecule has 0 unspecified atom stereocenters. The average Bonchev–Trinajstić information content (AvgIpc) is 2.60. The number of rotatable bonds is 5. The van der Waals surface area contributed by atoms with Crippen molar-refractivity contribution in [3.8, 4) is 0 Å². The number of halogens is 1. The van der Waals surface area contributed by atoms with Crippen LogP contribution < -0.4 is 16.0 Å². The van der Waals surface area contributed by atoms with Crippen molar-refractivity contribution in [2.75, 3.05) is 17.2 Å². The Morgan fingerprint density at radius 2 is 1.76 bits per heavy atom. The van der Waals surface area contributed by atoms with Crippen molar-refractivity contribution in [2.24, 2.45) is 0 Å². The van der Waals surface area contributed by atoms with E-state index in [-0.39, 0.29) is 12.5 Å². The molecule has 154 valence electrons. The van der Waals surface area contributed by atoms with E-state index in [4.69, 9.17) is 4.74 Å². The van der Waals surface area contributed by atoms with Crippen LogP contribution in [-0.2, 0) is 9.53 Å². The molecule has 0 heterocycles. The van der Waals surface area contributed by atoms with Crippen LogP contribution in [0, 0.1) is 6.92 Å². The molecule has 0 bridgehead atoms. The zero-order valence-electron chi connectivity index (χ0n) is 16.8. The van der Waals surface area contributed by atoms with Gasteiger partial charge in [-0.05, 0) is 69.7 Å². The third kappa shape index (κ3) is 7.57. The highest BCUT2D eigenvalue weighted by Crippen LogP contribution is 2.20. The summed E-state index contributed by atoms with van der Waals surface area (Å²) < 4.78 is 6.11. The minimum atomic E-state index is -0.625. The summed E-state index contributed by atoms with van der Waals surface area (Å²) in [4.78, 5) is 36.3. The molecule has 3 amide bonds. The fourth-order valence-corrected chi connectivity index (χ4v) is 2.86. The molecular weight excluding hydrogens is 438 g/mol. The molecule has 0 aliphatic heterocycles. The van der Waals surface area contributed by atoms with Crippen LogP contribution in [-0.4, -0.2) is 30.1 Å². The van der Waals surface area contributed by atoms with Crippen LogP contribution in [0.1, 0.15) is 36.7 Å². The zero-order chi connectivity index (χ0) is 21.6. The Kier molecular flexibility index (Phi) is 7.39. The quantitative estimate of drug-likeness (QED) is 0.611. The van der Waals surface area contributed by atoms with E-state index in [9.17, 15) is 14.4 Å². The minimum absolute atomic E-state index is 0.182. The summed E-state index contributed by atoms with van der Waals surface area (Å²) >= 11 is 3.37. The van der Waals surface area contributed by atoms with Crippen LogP contribution in [0.4, 0.5) is 16.2 Å². The highest BCUT2D eigenvalue weighted by molar-refractivity contribution is 9.10. The number of ether oxygens (including phenoxy) is 1. The summed E-state index contributed by atoms with van der Waals surface area (Å²) in [6.45, 7) is 6.98. The first-order valence-electron chi connectivity index (χ1n) is 8.98. The molecule has 2 aromatic rings. The third-order valence-corrected chi connectivity index (χ3v) is 4.14. The van der Waals surface area contributed by atoms with Gasteiger partial charge in [0.2, 0.25) is 5.91 Å². The number of anilines is 2. The second-order valence-electron chi connectivity index (χ2n) is 7.40. The Bertz CT molecular complexity index is 922. The van der Waals surface area contributed by atoms with E-state index >= 15 is 0 Å². The van der Waals surface area contributed by atoms with E-state index in [1.165, 1.54) is 6.07 Å². The zero-order valence-corrected chi connectivity index (χ0v) is 18.3. The monoisotopic (exact) mass is 461 g/mol. The first kappa shape index (κ1) is 22.4. The van der Waals surface area contributed by atoms with Gasteiger partial charge < -0.3 is 15.4 Å². The van der Waals surface area contributed by atoms with Gasteiger partial charge in [0.1, 0.15) is 5.60 Å². The van der Waals surface area contributed by atoms with Crippen LogP contribution >= 0.6 is 15.9 Å². The standard InChI is InChI=1S/C21H24BrN3O4/c1-13-10-15(22)8-9-17(13)25-18(26)12-23-19(27)14-6-5-7-16(11-14)24-20(28)29-21(2,3)4/h5-11H,12H2,1-4H3,(H,23,27)(H,24,28)(H,25,26). The fourth-order valence-electron chi connectivity index (χ4n) is 2.38. The van der Waals surface area contributed by atoms with Crippen molar-refractivity contribution in [2.45, 2.75) is 33.3 Å². The molecule has 3 N–H and O–H groups in total. The van der Waals surface area contributed by atoms with Gasteiger partial charge in [0, 0.05) is 21.4 Å². The number of carbonyl (C=O) groups is 3. The van der Waals surface area contributed by atoms with Gasteiger partial charge in [-0.15, -0.1) is 0 Å². The molecule has 2 aromatic carbocycles. The maximum absolute atomic E-state index is 12.3. The van der Waals surface area contributed by atoms with Gasteiger partial charge in [-0.25, -0.2) is 4.79 Å². The summed E-state index contributed by atoms with van der Waals surface area (Å²) in [6, 6.07) is 11.9. The van der Waals surface area contributed by atoms with E-state index in [0.717, 1.165) is 10.0 Å². The Balaban J connectivity index is 1.92. The van der Waals surface area contributed by atoms with Gasteiger partial charge in [-0.2, -0.15) is 0 Å². The van der Waals surface area contributed by atoms with Crippen LogP contribution in [0.5, 0.6) is 0 Å². The fraction of sp³-hybridized carbons (Fsp3) is 0.286. The van der Waals surface area contributed by atoms with Gasteiger partial charge in [-0.3, -0.25) is 14.9 Å². The predicted molar refractivity (Wildman–Crippen MR) is 116 cm³/mol. The van der Waals surface area contributed by atoms with Gasteiger partial charge in [0.25, 0.3) is 5.91 Å². The molecule has 7 nitrogen and oxygen atoms in total. The number of amides is 3. The minimum Gasteiger partial charge on any atom is -0.444 e. The van der Waals surface area contributed by atoms with Crippen LogP contribution in [0.2, 0.25) is 0 Å². The van der Waals surface area contributed by atoms with Gasteiger partial charge in [0.05, 0.1) is 6.54 Å². The highest BCUT2D eigenvalue weighted by Gasteiger charge is 2.17. The Morgan fingerprint density at radius 3 is 2.41 bits per heavy atom. The van der Waals surface area contributed by atoms with Crippen molar-refractivity contribution in [1.29, 1.82) is 0 Å². The number of aryl methyl sites for hydroxylation is 1. The smallest absolute Gasteiger partial charge is 0.412 e. The second kappa shape index (κ2) is 9.56. The van der Waals surface area contributed by atoms with Gasteiger partial charge in [0.15, 0.2) is 0 Å². The van der Waals surface area contributed by atoms with Crippen LogP contribution in [0.25, 0.3) is 0 Å². The van der Waals surface area contributed by atoms with Gasteiger partial charge >= 0.3 is 6.09 Å². The summed E-state index contributed by atoms with van der Waals surface area (Å²) in [5.74, 6) is -0.771. The molecule has 0 fully saturated rings. The lowest BCUT2D eigenvalue weighted by Gasteiger charge is -2.19. The molecule has 0 spiro atoms. The molecule has 0 saturated heterocycles. The molecule has 8 heteroatoms. The van der Waals surface area contributed by atoms with Crippen LogP contribution in [0.3, 0.4) is 0 Å². The summed E-state index contributed by atoms with van der Waals surface area (Å²) in [7, 11) is 0. The van der Waals surface area contributed by atoms with Crippen molar-refractivity contribution in [3.63, 3.8) is 0 Å². The number of nitrogens with one attached hydrogen (secondary N) is 3. The van der Waals surface area contributed by atoms with Crippen molar-refractivity contribution in [3.05, 3.63) is 58.1 Å². The van der Waals surface area contributed by atoms with Crippen molar-refractivity contribution in [1.82, 2.24) is 5.32 Å². The summed E-state index contributed by atoms with van der Waals surface area (Å²) in [5, 5.41) is 7.90. The number of benzene rings is 2. The maximum atomic E-state index is 12.3. The van der Waals surface area contributed by atoms with E-state index < -0.39 is 17.6 Å². The molecule has 0 aliphatic carbocycles. The Morgan fingerprint density at radius 1 is 1.03 bits per heavy atom. The lowest BCUT2D eigenvalue weighted by Crippen LogP contribution is -2.33. The molecule has 0 radical (unpaired) electrons. The average molecular weight is 462 g/mol. The van der Waals surface area contributed by atoms with E-state index in [1.54, 1.807) is 45.0 Å². The van der Waals surface area contributed by atoms with E-state index in [2.05, 4.69) is 31.9 Å². The maximum Gasteiger partial charge on any atom is 0.412 e. The first-order chi connectivity index (χ1) is 13.5. The largest absolute Gasteiger partial charge is 0.444 e. The van der Waals surface area contributed by atoms with Crippen molar-refractivity contribution < 1.29 is 19.1 Å². The Labute approximate surface area is 178 Å². The molecular formula is C21H24BrN3O4. The lowest BCUT2D eigenvalue weighted by molar-refractivity contribution is -0.115. The van der Waals surface area contributed by atoms with E-state index in [0.29, 0.717) is 16.9 Å². The van der Waals surface area contributed by atoms with Crippen molar-refractivity contribution >= 4 is 45.2 Å². The molecule has 0 aromatic heterocycles. The highest BCUT2D eigenvalue weighted by atomic mass is 79.9. The number of hydrogen-bond donors (Lipinski definition) is 3. The van der Waals surface area contributed by atoms with Crippen LogP contribution in [0.15, 0.2) is 46.9 Å². The molecule has 0 saturated carbocycles. The molecule has 2 rings (SSSR count). The first-order valence-corrected chi connectivity index (χ1v) is 9.77. The van der Waals surface area contributed by atoms with E-state index in [1.807, 2.05) is 19.1 Å². The third-order valence-electron chi connectivity index (χ3n) is 3.64. The number of carbonyl (C=O) groups excluding carboxylic acids is 3. The topological polar surface area (TPSA) is 96.5 Å². The molecule has 29 heavy (non-hydrogen) atoms. The molecule has 0 atom stereocenters.